The van der Waals surface area contributed by atoms with Crippen molar-refractivity contribution in [3.63, 3.8) is 0 Å². The number of hydrogen-bond donors (Lipinski definition) is 2. The number of carbonyl (C=O) groups excluding carboxylic acids is 2. The Morgan fingerprint density at radius 2 is 1.89 bits per heavy atom. The van der Waals surface area contributed by atoms with Crippen LogP contribution < -0.4 is 5.32 Å². The molecule has 1 aromatic heterocycles. The maximum atomic E-state index is 13.6. The largest absolute Gasteiger partial charge is 0.481 e. The summed E-state index contributed by atoms with van der Waals surface area (Å²) in [5, 5.41) is 12.6. The topological polar surface area (TPSA) is 103 Å². The number of pyridine rings is 1. The van der Waals surface area contributed by atoms with E-state index in [1.54, 1.807) is 11.1 Å². The highest BCUT2D eigenvalue weighted by Crippen LogP contribution is 2.39. The first-order chi connectivity index (χ1) is 17.6. The number of rotatable bonds is 6. The van der Waals surface area contributed by atoms with Gasteiger partial charge in [-0.2, -0.15) is 0 Å². The number of carboxylic acid groups (broad SMARTS) is 1. The van der Waals surface area contributed by atoms with Crippen LogP contribution in [0.1, 0.15) is 62.0 Å². The number of nitrogens with one attached hydrogen (secondary N) is 1. The number of aromatic nitrogens is 1. The van der Waals surface area contributed by atoms with Crippen LogP contribution in [0.5, 0.6) is 0 Å². The molecule has 0 spiro atoms. The summed E-state index contributed by atoms with van der Waals surface area (Å²) in [6, 6.07) is 9.03. The van der Waals surface area contributed by atoms with Crippen LogP contribution in [0.15, 0.2) is 36.5 Å². The number of fused-ring (bicyclic) bond motifs is 2. The molecule has 0 bridgehead atoms. The van der Waals surface area contributed by atoms with Gasteiger partial charge in [0.05, 0.1) is 11.7 Å². The number of aryl methyl sites for hydroxylation is 2. The van der Waals surface area contributed by atoms with Crippen molar-refractivity contribution < 1.29 is 19.5 Å². The van der Waals surface area contributed by atoms with Crippen LogP contribution in [-0.2, 0) is 27.2 Å². The minimum Gasteiger partial charge on any atom is -0.481 e. The highest BCUT2D eigenvalue weighted by molar-refractivity contribution is 6.30. The molecule has 1 aliphatic heterocycles. The van der Waals surface area contributed by atoms with Crippen LogP contribution in [0, 0.1) is 5.41 Å². The Labute approximate surface area is 223 Å². The average Bonchev–Trinajstić information content (AvgIpc) is 3.01. The van der Waals surface area contributed by atoms with Gasteiger partial charge in [0, 0.05) is 49.2 Å². The standard InChI is InChI=1S/C28H35ClN4O4/c1-28(2,3)27(37)32-14-15-33(22(17-32)26(36)31-13-5-7-23(34)35)25-21-11-10-20(29)16-19(21)9-8-18-6-4-12-30-24(18)25/h4,6,10-12,16,22,25H,5,7-9,13-15,17H2,1-3H3,(H,31,36)(H,34,35)/t22-,25?/m1/s1. The van der Waals surface area contributed by atoms with Crippen molar-refractivity contribution >= 4 is 29.4 Å². The molecule has 9 heteroatoms. The van der Waals surface area contributed by atoms with Gasteiger partial charge in [-0.05, 0) is 54.2 Å². The first-order valence-corrected chi connectivity index (χ1v) is 13.2. The number of nitrogens with zero attached hydrogens (tertiary/aromatic N) is 3. The van der Waals surface area contributed by atoms with E-state index in [2.05, 4.69) is 16.3 Å². The van der Waals surface area contributed by atoms with Crippen molar-refractivity contribution in [1.82, 2.24) is 20.1 Å². The summed E-state index contributed by atoms with van der Waals surface area (Å²) in [5.74, 6) is -1.11. The Hall–Kier alpha value is -2.97. The summed E-state index contributed by atoms with van der Waals surface area (Å²) in [7, 11) is 0. The summed E-state index contributed by atoms with van der Waals surface area (Å²) in [4.78, 5) is 46.4. The molecule has 1 aliphatic carbocycles. The third-order valence-electron chi connectivity index (χ3n) is 7.10. The molecule has 2 amide bonds. The predicted molar refractivity (Wildman–Crippen MR) is 141 cm³/mol. The minimum absolute atomic E-state index is 0.00222. The molecule has 4 rings (SSSR count). The maximum Gasteiger partial charge on any atom is 0.303 e. The number of carboxylic acids is 1. The molecule has 1 unspecified atom stereocenters. The predicted octanol–water partition coefficient (Wildman–Crippen LogP) is 3.46. The first kappa shape index (κ1) is 27.1. The van der Waals surface area contributed by atoms with Crippen molar-refractivity contribution in [3.05, 3.63) is 63.9 Å². The van der Waals surface area contributed by atoms with E-state index in [9.17, 15) is 14.4 Å². The lowest BCUT2D eigenvalue weighted by Gasteiger charge is -2.45. The molecule has 0 radical (unpaired) electrons. The van der Waals surface area contributed by atoms with Gasteiger partial charge in [-0.3, -0.25) is 24.3 Å². The molecule has 1 saturated heterocycles. The lowest BCUT2D eigenvalue weighted by Crippen LogP contribution is -2.62. The molecule has 8 nitrogen and oxygen atoms in total. The number of carbonyl (C=O) groups is 3. The summed E-state index contributed by atoms with van der Waals surface area (Å²) in [6.07, 6.45) is 3.75. The van der Waals surface area contributed by atoms with E-state index < -0.39 is 17.4 Å². The third-order valence-corrected chi connectivity index (χ3v) is 7.34. The second kappa shape index (κ2) is 11.2. The number of amides is 2. The van der Waals surface area contributed by atoms with Crippen molar-refractivity contribution in [2.75, 3.05) is 26.2 Å². The first-order valence-electron chi connectivity index (χ1n) is 12.8. The van der Waals surface area contributed by atoms with Crippen molar-refractivity contribution in [3.8, 4) is 0 Å². The molecule has 1 aromatic carbocycles. The number of piperazine rings is 1. The zero-order valence-corrected chi connectivity index (χ0v) is 22.4. The molecule has 2 aliphatic rings. The Kier molecular flexibility index (Phi) is 8.19. The van der Waals surface area contributed by atoms with Gasteiger partial charge >= 0.3 is 5.97 Å². The summed E-state index contributed by atoms with van der Waals surface area (Å²) >= 11 is 6.36. The molecule has 2 aromatic rings. The van der Waals surface area contributed by atoms with Crippen LogP contribution in [0.4, 0.5) is 0 Å². The van der Waals surface area contributed by atoms with Gasteiger partial charge in [0.2, 0.25) is 11.8 Å². The Bertz CT molecular complexity index is 1180. The van der Waals surface area contributed by atoms with Gasteiger partial charge in [-0.25, -0.2) is 0 Å². The van der Waals surface area contributed by atoms with Crippen LogP contribution in [0.2, 0.25) is 5.02 Å². The smallest absolute Gasteiger partial charge is 0.303 e. The van der Waals surface area contributed by atoms with Crippen molar-refractivity contribution in [2.45, 2.75) is 58.5 Å². The number of hydrogen-bond acceptors (Lipinski definition) is 5. The lowest BCUT2D eigenvalue weighted by atomic mass is 9.91. The van der Waals surface area contributed by atoms with Gasteiger partial charge in [0.25, 0.3) is 0 Å². The molecule has 198 valence electrons. The fourth-order valence-corrected chi connectivity index (χ4v) is 5.48. The maximum absolute atomic E-state index is 13.6. The highest BCUT2D eigenvalue weighted by atomic mass is 35.5. The van der Waals surface area contributed by atoms with Crippen LogP contribution in [0.3, 0.4) is 0 Å². The van der Waals surface area contributed by atoms with E-state index in [1.807, 2.05) is 45.0 Å². The van der Waals surface area contributed by atoms with Crippen molar-refractivity contribution in [2.24, 2.45) is 5.41 Å². The number of benzene rings is 1. The molecule has 2 atom stereocenters. The van der Waals surface area contributed by atoms with Crippen molar-refractivity contribution in [1.29, 1.82) is 0 Å². The highest BCUT2D eigenvalue weighted by Gasteiger charge is 2.42. The quantitative estimate of drug-likeness (QED) is 0.559. The molecule has 2 heterocycles. The summed E-state index contributed by atoms with van der Waals surface area (Å²) in [5.41, 5.74) is 3.69. The fourth-order valence-electron chi connectivity index (χ4n) is 5.29. The number of halogens is 1. The normalized spacial score (nSPS) is 19.9. The molecule has 0 saturated carbocycles. The molecule has 1 fully saturated rings. The van der Waals surface area contributed by atoms with E-state index in [4.69, 9.17) is 21.7 Å². The van der Waals surface area contributed by atoms with Gasteiger partial charge in [-0.15, -0.1) is 0 Å². The van der Waals surface area contributed by atoms with Gasteiger partial charge in [-0.1, -0.05) is 44.5 Å². The van der Waals surface area contributed by atoms with E-state index in [0.717, 1.165) is 35.2 Å². The second-order valence-corrected chi connectivity index (χ2v) is 11.3. The van der Waals surface area contributed by atoms with Crippen LogP contribution in [-0.4, -0.2) is 69.9 Å². The van der Waals surface area contributed by atoms with Gasteiger partial charge in [0.15, 0.2) is 0 Å². The Morgan fingerprint density at radius 3 is 2.62 bits per heavy atom. The average molecular weight is 527 g/mol. The Balaban J connectivity index is 1.71. The van der Waals surface area contributed by atoms with Crippen LogP contribution in [0.25, 0.3) is 0 Å². The van der Waals surface area contributed by atoms with E-state index in [0.29, 0.717) is 24.5 Å². The zero-order valence-electron chi connectivity index (χ0n) is 21.7. The summed E-state index contributed by atoms with van der Waals surface area (Å²) < 4.78 is 0. The SMILES string of the molecule is CC(C)(C)C(=O)N1CCN(C2c3ccc(Cl)cc3CCc3cccnc32)[C@@H](C(=O)NCCCC(=O)O)C1. The van der Waals surface area contributed by atoms with E-state index in [-0.39, 0.29) is 37.4 Å². The second-order valence-electron chi connectivity index (χ2n) is 10.8. The number of aliphatic carboxylic acids is 1. The molecule has 2 N–H and O–H groups in total. The molecular formula is C28H35ClN4O4. The molecular weight excluding hydrogens is 492 g/mol. The fraction of sp³-hybridized carbons (Fsp3) is 0.500. The lowest BCUT2D eigenvalue weighted by molar-refractivity contribution is -0.145. The zero-order chi connectivity index (χ0) is 26.7. The third kappa shape index (κ3) is 6.13. The summed E-state index contributed by atoms with van der Waals surface area (Å²) in [6.45, 7) is 7.16. The minimum atomic E-state index is -0.896. The molecule has 37 heavy (non-hydrogen) atoms. The Morgan fingerprint density at radius 1 is 1.14 bits per heavy atom. The van der Waals surface area contributed by atoms with Gasteiger partial charge < -0.3 is 15.3 Å². The van der Waals surface area contributed by atoms with Crippen LogP contribution >= 0.6 is 11.6 Å². The monoisotopic (exact) mass is 526 g/mol. The van der Waals surface area contributed by atoms with E-state index in [1.165, 1.54) is 0 Å². The van der Waals surface area contributed by atoms with Gasteiger partial charge in [0.1, 0.15) is 6.04 Å². The van der Waals surface area contributed by atoms with E-state index >= 15 is 0 Å².